The fourth-order valence-electron chi connectivity index (χ4n) is 1.05. The molecule has 1 N–H and O–H groups in total. The molecule has 1 rings (SSSR count). The highest BCUT2D eigenvalue weighted by Gasteiger charge is 2.27. The summed E-state index contributed by atoms with van der Waals surface area (Å²) in [6.45, 7) is -2.33. The smallest absolute Gasteiger partial charge is 0.405 e. The number of alkyl halides is 3. The second-order valence-corrected chi connectivity index (χ2v) is 4.23. The molecule has 106 valence electrons. The van der Waals surface area contributed by atoms with E-state index in [4.69, 9.17) is 0 Å². The largest absolute Gasteiger partial charge is 0.480 e. The van der Waals surface area contributed by atoms with Crippen LogP contribution in [0.4, 0.5) is 22.0 Å². The summed E-state index contributed by atoms with van der Waals surface area (Å²) >= 11 is 2.80. The molecular weight excluding hydrogens is 341 g/mol. The van der Waals surface area contributed by atoms with Crippen LogP contribution in [0.2, 0.25) is 0 Å². The van der Waals surface area contributed by atoms with Gasteiger partial charge in [0.25, 0.3) is 5.91 Å². The number of ether oxygens (including phenoxy) is 1. The standard InChI is InChI=1S/C10H7BrF5NO2/c11-6-1-5(12)2-7(13)9(6)19-3-8(18)17-4-10(14,15)16/h1-2H,3-4H2,(H,17,18). The van der Waals surface area contributed by atoms with E-state index in [1.165, 1.54) is 0 Å². The maximum atomic E-state index is 13.2. The molecule has 0 unspecified atom stereocenters. The molecule has 0 fully saturated rings. The summed E-state index contributed by atoms with van der Waals surface area (Å²) in [4.78, 5) is 11.0. The topological polar surface area (TPSA) is 38.3 Å². The van der Waals surface area contributed by atoms with Crippen molar-refractivity contribution in [1.29, 1.82) is 0 Å². The summed E-state index contributed by atoms with van der Waals surface area (Å²) in [5.74, 6) is -3.47. The van der Waals surface area contributed by atoms with Crippen molar-refractivity contribution in [2.45, 2.75) is 6.18 Å². The Morgan fingerprint density at radius 3 is 2.47 bits per heavy atom. The molecule has 0 heterocycles. The third-order valence-corrected chi connectivity index (χ3v) is 2.39. The maximum Gasteiger partial charge on any atom is 0.405 e. The van der Waals surface area contributed by atoms with Gasteiger partial charge in [-0.1, -0.05) is 0 Å². The van der Waals surface area contributed by atoms with Crippen LogP contribution in [0.25, 0.3) is 0 Å². The third-order valence-electron chi connectivity index (χ3n) is 1.80. The van der Waals surface area contributed by atoms with Gasteiger partial charge in [-0.2, -0.15) is 13.2 Å². The van der Waals surface area contributed by atoms with E-state index in [0.29, 0.717) is 6.07 Å². The van der Waals surface area contributed by atoms with Crippen molar-refractivity contribution < 1.29 is 31.5 Å². The van der Waals surface area contributed by atoms with Crippen LogP contribution in [0.15, 0.2) is 16.6 Å². The predicted molar refractivity (Wildman–Crippen MR) is 58.6 cm³/mol. The van der Waals surface area contributed by atoms with E-state index in [0.717, 1.165) is 6.07 Å². The number of carbonyl (C=O) groups is 1. The highest BCUT2D eigenvalue weighted by atomic mass is 79.9. The van der Waals surface area contributed by atoms with Crippen LogP contribution < -0.4 is 10.1 Å². The first kappa shape index (κ1) is 15.7. The second-order valence-electron chi connectivity index (χ2n) is 3.38. The fraction of sp³-hybridized carbons (Fsp3) is 0.300. The Labute approximate surface area is 112 Å². The molecule has 0 aliphatic heterocycles. The normalized spacial score (nSPS) is 11.3. The molecule has 0 aliphatic rings. The van der Waals surface area contributed by atoms with E-state index in [2.05, 4.69) is 20.7 Å². The lowest BCUT2D eigenvalue weighted by atomic mass is 10.3. The van der Waals surface area contributed by atoms with Crippen LogP contribution in [0.1, 0.15) is 0 Å². The van der Waals surface area contributed by atoms with Gasteiger partial charge in [0.2, 0.25) is 0 Å². The van der Waals surface area contributed by atoms with Gasteiger partial charge in [-0.25, -0.2) is 8.78 Å². The average molecular weight is 348 g/mol. The highest BCUT2D eigenvalue weighted by Crippen LogP contribution is 2.29. The molecular formula is C10H7BrF5NO2. The Kier molecular flexibility index (Phi) is 5.10. The SMILES string of the molecule is O=C(COc1c(F)cc(F)cc1Br)NCC(F)(F)F. The van der Waals surface area contributed by atoms with Gasteiger partial charge in [0.05, 0.1) is 4.47 Å². The number of hydrogen-bond acceptors (Lipinski definition) is 2. The zero-order valence-corrected chi connectivity index (χ0v) is 10.7. The Morgan fingerprint density at radius 2 is 1.95 bits per heavy atom. The van der Waals surface area contributed by atoms with Crippen LogP contribution in [0.3, 0.4) is 0 Å². The molecule has 1 aromatic carbocycles. The minimum absolute atomic E-state index is 0.0892. The quantitative estimate of drug-likeness (QED) is 0.850. The minimum Gasteiger partial charge on any atom is -0.480 e. The van der Waals surface area contributed by atoms with Crippen molar-refractivity contribution in [3.8, 4) is 5.75 Å². The molecule has 0 saturated carbocycles. The Morgan fingerprint density at radius 1 is 1.32 bits per heavy atom. The van der Waals surface area contributed by atoms with Crippen LogP contribution >= 0.6 is 15.9 Å². The minimum atomic E-state index is -4.54. The van der Waals surface area contributed by atoms with Crippen molar-refractivity contribution in [2.24, 2.45) is 0 Å². The van der Waals surface area contributed by atoms with Gasteiger partial charge in [-0.15, -0.1) is 0 Å². The lowest BCUT2D eigenvalue weighted by Crippen LogP contribution is -2.36. The molecule has 3 nitrogen and oxygen atoms in total. The van der Waals surface area contributed by atoms with E-state index in [9.17, 15) is 26.7 Å². The monoisotopic (exact) mass is 347 g/mol. The summed E-state index contributed by atoms with van der Waals surface area (Å²) in [6.07, 6.45) is -4.54. The highest BCUT2D eigenvalue weighted by molar-refractivity contribution is 9.10. The molecule has 0 aliphatic carbocycles. The van der Waals surface area contributed by atoms with E-state index in [1.54, 1.807) is 5.32 Å². The van der Waals surface area contributed by atoms with Gasteiger partial charge in [0.1, 0.15) is 12.4 Å². The predicted octanol–water partition coefficient (Wildman–Crippen LogP) is 2.78. The maximum absolute atomic E-state index is 13.2. The zero-order valence-electron chi connectivity index (χ0n) is 9.15. The molecule has 0 aromatic heterocycles. The van der Waals surface area contributed by atoms with Crippen molar-refractivity contribution in [1.82, 2.24) is 5.32 Å². The van der Waals surface area contributed by atoms with E-state index in [-0.39, 0.29) is 4.47 Å². The van der Waals surface area contributed by atoms with Crippen molar-refractivity contribution in [2.75, 3.05) is 13.2 Å². The summed E-state index contributed by atoms with van der Waals surface area (Å²) in [6, 6.07) is 1.42. The molecule has 1 aromatic rings. The van der Waals surface area contributed by atoms with Crippen LogP contribution in [-0.2, 0) is 4.79 Å². The van der Waals surface area contributed by atoms with E-state index < -0.39 is 42.6 Å². The van der Waals surface area contributed by atoms with E-state index >= 15 is 0 Å². The second kappa shape index (κ2) is 6.18. The zero-order chi connectivity index (χ0) is 14.6. The number of rotatable bonds is 4. The molecule has 0 radical (unpaired) electrons. The molecule has 0 bridgehead atoms. The van der Waals surface area contributed by atoms with Crippen molar-refractivity contribution in [3.63, 3.8) is 0 Å². The molecule has 0 saturated heterocycles. The first-order chi connectivity index (χ1) is 8.69. The number of benzene rings is 1. The number of halogens is 6. The summed E-state index contributed by atoms with van der Waals surface area (Å²) in [5.41, 5.74) is 0. The van der Waals surface area contributed by atoms with Gasteiger partial charge < -0.3 is 10.1 Å². The number of amides is 1. The molecule has 1 amide bonds. The Bertz CT molecular complexity index is 454. The number of hydrogen-bond donors (Lipinski definition) is 1. The van der Waals surface area contributed by atoms with Crippen molar-refractivity contribution in [3.05, 3.63) is 28.2 Å². The van der Waals surface area contributed by atoms with E-state index in [1.807, 2.05) is 0 Å². The lowest BCUT2D eigenvalue weighted by molar-refractivity contribution is -0.139. The van der Waals surface area contributed by atoms with Gasteiger partial charge in [-0.3, -0.25) is 4.79 Å². The van der Waals surface area contributed by atoms with Gasteiger partial charge in [0.15, 0.2) is 18.2 Å². The Hall–Kier alpha value is -1.38. The van der Waals surface area contributed by atoms with Crippen molar-refractivity contribution >= 4 is 21.8 Å². The fourth-order valence-corrected chi connectivity index (χ4v) is 1.58. The third kappa shape index (κ3) is 5.41. The first-order valence-electron chi connectivity index (χ1n) is 4.80. The first-order valence-corrected chi connectivity index (χ1v) is 5.59. The number of carbonyl (C=O) groups excluding carboxylic acids is 1. The van der Waals surface area contributed by atoms with Crippen LogP contribution in [0.5, 0.6) is 5.75 Å². The molecule has 9 heteroatoms. The van der Waals surface area contributed by atoms with Crippen LogP contribution in [-0.4, -0.2) is 25.2 Å². The summed E-state index contributed by atoms with van der Waals surface area (Å²) in [5, 5.41) is 1.54. The van der Waals surface area contributed by atoms with Gasteiger partial charge in [-0.05, 0) is 22.0 Å². The Balaban J connectivity index is 2.56. The molecule has 0 atom stereocenters. The van der Waals surface area contributed by atoms with Gasteiger partial charge in [0, 0.05) is 6.07 Å². The summed E-state index contributed by atoms with van der Waals surface area (Å²) in [7, 11) is 0. The lowest BCUT2D eigenvalue weighted by Gasteiger charge is -2.11. The number of nitrogens with one attached hydrogen (secondary N) is 1. The summed E-state index contributed by atoms with van der Waals surface area (Å²) < 4.78 is 65.9. The molecule has 0 spiro atoms. The van der Waals surface area contributed by atoms with Crippen LogP contribution in [0, 0.1) is 11.6 Å². The van der Waals surface area contributed by atoms with Gasteiger partial charge >= 0.3 is 6.18 Å². The average Bonchev–Trinajstić information content (AvgIpc) is 2.23. The molecule has 19 heavy (non-hydrogen) atoms.